The monoisotopic (exact) mass is 454 g/mol. The van der Waals surface area contributed by atoms with Crippen molar-refractivity contribution in [1.82, 2.24) is 9.55 Å². The maximum Gasteiger partial charge on any atom is 0.262 e. The molecular weight excluding hydrogens is 428 g/mol. The van der Waals surface area contributed by atoms with Crippen molar-refractivity contribution >= 4 is 40.2 Å². The van der Waals surface area contributed by atoms with Gasteiger partial charge in [-0.25, -0.2) is 4.98 Å². The number of aromatic nitrogens is 2. The van der Waals surface area contributed by atoms with Crippen molar-refractivity contribution < 1.29 is 14.3 Å². The van der Waals surface area contributed by atoms with Crippen molar-refractivity contribution in [2.45, 2.75) is 37.4 Å². The van der Waals surface area contributed by atoms with Gasteiger partial charge in [0.15, 0.2) is 5.16 Å². The molecule has 3 N–H and O–H groups in total. The second kappa shape index (κ2) is 11.3. The number of nitrogens with two attached hydrogens (primary N) is 1. The molecule has 2 amide bonds. The molecule has 0 fully saturated rings. The van der Waals surface area contributed by atoms with Crippen LogP contribution in [-0.4, -0.2) is 34.2 Å². The standard InChI is InChI=1S/C23H26N4O4S/c1-31-17-12-10-16(11-13-17)25-21(29)15-32-23-26-19-8-5-4-7-18(19)22(30)27(23)14-6-2-3-9-20(24)28/h4-5,7-8,10-13H,2-3,6,9,14-15H2,1H3,(H2,24,28)(H,25,29). The molecule has 0 bridgehead atoms. The van der Waals surface area contributed by atoms with E-state index in [1.807, 2.05) is 6.07 Å². The van der Waals surface area contributed by atoms with E-state index in [2.05, 4.69) is 10.3 Å². The van der Waals surface area contributed by atoms with E-state index in [1.165, 1.54) is 11.8 Å². The van der Waals surface area contributed by atoms with Crippen LogP contribution in [-0.2, 0) is 16.1 Å². The highest BCUT2D eigenvalue weighted by atomic mass is 32.2. The van der Waals surface area contributed by atoms with E-state index in [1.54, 1.807) is 54.1 Å². The third-order valence-electron chi connectivity index (χ3n) is 4.84. The van der Waals surface area contributed by atoms with E-state index in [4.69, 9.17) is 10.5 Å². The smallest absolute Gasteiger partial charge is 0.262 e. The first-order chi connectivity index (χ1) is 15.5. The predicted octanol–water partition coefficient (Wildman–Crippen LogP) is 3.18. The molecule has 1 heterocycles. The van der Waals surface area contributed by atoms with Crippen LogP contribution in [0.4, 0.5) is 5.69 Å². The summed E-state index contributed by atoms with van der Waals surface area (Å²) in [6.07, 6.45) is 2.49. The van der Waals surface area contributed by atoms with Crippen LogP contribution in [0.3, 0.4) is 0 Å². The predicted molar refractivity (Wildman–Crippen MR) is 126 cm³/mol. The summed E-state index contributed by atoms with van der Waals surface area (Å²) in [5.74, 6) is 0.292. The Kier molecular flexibility index (Phi) is 8.27. The molecule has 0 saturated heterocycles. The third-order valence-corrected chi connectivity index (χ3v) is 5.81. The minimum Gasteiger partial charge on any atom is -0.497 e. The number of nitrogens with zero attached hydrogens (tertiary/aromatic N) is 2. The van der Waals surface area contributed by atoms with E-state index >= 15 is 0 Å². The summed E-state index contributed by atoms with van der Waals surface area (Å²) in [4.78, 5) is 41.0. The van der Waals surface area contributed by atoms with E-state index in [-0.39, 0.29) is 23.1 Å². The third kappa shape index (κ3) is 6.34. The second-order valence-electron chi connectivity index (χ2n) is 7.21. The lowest BCUT2D eigenvalue weighted by molar-refractivity contribution is -0.118. The Bertz CT molecular complexity index is 1140. The molecule has 32 heavy (non-hydrogen) atoms. The number of hydrogen-bond donors (Lipinski definition) is 2. The minimum atomic E-state index is -0.325. The Morgan fingerprint density at radius 3 is 2.56 bits per heavy atom. The van der Waals surface area contributed by atoms with Crippen LogP contribution < -0.4 is 21.3 Å². The van der Waals surface area contributed by atoms with Gasteiger partial charge >= 0.3 is 0 Å². The average Bonchev–Trinajstić information content (AvgIpc) is 2.79. The van der Waals surface area contributed by atoms with E-state index in [0.717, 1.165) is 6.42 Å². The fourth-order valence-electron chi connectivity index (χ4n) is 3.20. The summed E-state index contributed by atoms with van der Waals surface area (Å²) in [6.45, 7) is 0.456. The number of nitrogens with one attached hydrogen (secondary N) is 1. The molecule has 8 nitrogen and oxygen atoms in total. The summed E-state index contributed by atoms with van der Waals surface area (Å²) < 4.78 is 6.73. The van der Waals surface area contributed by atoms with Gasteiger partial charge in [0.2, 0.25) is 11.8 Å². The Balaban J connectivity index is 1.70. The molecule has 0 atom stereocenters. The number of methoxy groups -OCH3 is 1. The highest BCUT2D eigenvalue weighted by Crippen LogP contribution is 2.20. The normalized spacial score (nSPS) is 10.8. The number of carbonyl (C=O) groups excluding carboxylic acids is 2. The van der Waals surface area contributed by atoms with Crippen LogP contribution in [0.2, 0.25) is 0 Å². The summed E-state index contributed by atoms with van der Waals surface area (Å²) in [7, 11) is 1.58. The highest BCUT2D eigenvalue weighted by Gasteiger charge is 2.13. The number of rotatable bonds is 11. The number of benzene rings is 2. The van der Waals surface area contributed by atoms with Crippen molar-refractivity contribution in [1.29, 1.82) is 0 Å². The number of primary amides is 1. The molecule has 168 valence electrons. The molecular formula is C23H26N4O4S. The van der Waals surface area contributed by atoms with Crippen molar-refractivity contribution in [2.75, 3.05) is 18.2 Å². The number of anilines is 1. The van der Waals surface area contributed by atoms with E-state index in [0.29, 0.717) is 53.3 Å². The van der Waals surface area contributed by atoms with Gasteiger partial charge in [0.05, 0.1) is 23.8 Å². The minimum absolute atomic E-state index is 0.110. The SMILES string of the molecule is COc1ccc(NC(=O)CSc2nc3ccccc3c(=O)n2CCCCCC(N)=O)cc1. The Hall–Kier alpha value is -3.33. The van der Waals surface area contributed by atoms with Gasteiger partial charge in [-0.05, 0) is 49.2 Å². The van der Waals surface area contributed by atoms with Gasteiger partial charge in [0, 0.05) is 18.7 Å². The highest BCUT2D eigenvalue weighted by molar-refractivity contribution is 7.99. The number of hydrogen-bond acceptors (Lipinski definition) is 6. The molecule has 1 aromatic heterocycles. The molecule has 3 rings (SSSR count). The first kappa shape index (κ1) is 23.3. The zero-order chi connectivity index (χ0) is 22.9. The quantitative estimate of drug-likeness (QED) is 0.261. The number of carbonyl (C=O) groups is 2. The zero-order valence-corrected chi connectivity index (χ0v) is 18.7. The number of para-hydroxylation sites is 1. The van der Waals surface area contributed by atoms with Crippen LogP contribution in [0.1, 0.15) is 25.7 Å². The molecule has 0 aliphatic rings. The van der Waals surface area contributed by atoms with Crippen LogP contribution in [0, 0.1) is 0 Å². The first-order valence-electron chi connectivity index (χ1n) is 10.3. The Morgan fingerprint density at radius 1 is 1.09 bits per heavy atom. The van der Waals surface area contributed by atoms with Crippen LogP contribution in [0.15, 0.2) is 58.5 Å². The van der Waals surface area contributed by atoms with E-state index < -0.39 is 0 Å². The molecule has 0 aliphatic heterocycles. The lowest BCUT2D eigenvalue weighted by Crippen LogP contribution is -2.24. The molecule has 0 aliphatic carbocycles. The van der Waals surface area contributed by atoms with Crippen LogP contribution >= 0.6 is 11.8 Å². The number of amides is 2. The van der Waals surface area contributed by atoms with Crippen molar-refractivity contribution in [2.24, 2.45) is 5.73 Å². The van der Waals surface area contributed by atoms with Gasteiger partial charge in [0.25, 0.3) is 5.56 Å². The second-order valence-corrected chi connectivity index (χ2v) is 8.15. The molecule has 0 unspecified atom stereocenters. The zero-order valence-electron chi connectivity index (χ0n) is 17.9. The van der Waals surface area contributed by atoms with Gasteiger partial charge in [0.1, 0.15) is 5.75 Å². The summed E-state index contributed by atoms with van der Waals surface area (Å²) in [6, 6.07) is 14.2. The van der Waals surface area contributed by atoms with Gasteiger partial charge in [-0.1, -0.05) is 30.3 Å². The van der Waals surface area contributed by atoms with Gasteiger partial charge < -0.3 is 15.8 Å². The van der Waals surface area contributed by atoms with Gasteiger partial charge in [-0.3, -0.25) is 19.0 Å². The molecule has 0 radical (unpaired) electrons. The fraction of sp³-hybridized carbons (Fsp3) is 0.304. The largest absolute Gasteiger partial charge is 0.497 e. The Labute approximate surface area is 190 Å². The lowest BCUT2D eigenvalue weighted by Gasteiger charge is -2.13. The molecule has 0 saturated carbocycles. The van der Waals surface area contributed by atoms with Gasteiger partial charge in [-0.2, -0.15) is 0 Å². The van der Waals surface area contributed by atoms with Crippen LogP contribution in [0.5, 0.6) is 5.75 Å². The molecule has 2 aromatic carbocycles. The summed E-state index contributed by atoms with van der Waals surface area (Å²) >= 11 is 1.22. The number of thioether (sulfide) groups is 1. The van der Waals surface area contributed by atoms with Crippen LogP contribution in [0.25, 0.3) is 10.9 Å². The lowest BCUT2D eigenvalue weighted by atomic mass is 10.2. The number of unbranched alkanes of at least 4 members (excludes halogenated alkanes) is 2. The van der Waals surface area contributed by atoms with Crippen molar-refractivity contribution in [3.63, 3.8) is 0 Å². The summed E-state index contributed by atoms with van der Waals surface area (Å²) in [5, 5.41) is 3.86. The maximum absolute atomic E-state index is 13.0. The number of fused-ring (bicyclic) bond motifs is 1. The molecule has 9 heteroatoms. The summed E-state index contributed by atoms with van der Waals surface area (Å²) in [5.41, 5.74) is 6.31. The Morgan fingerprint density at radius 2 is 1.84 bits per heavy atom. The first-order valence-corrected chi connectivity index (χ1v) is 11.3. The van der Waals surface area contributed by atoms with Crippen molar-refractivity contribution in [3.05, 3.63) is 58.9 Å². The maximum atomic E-state index is 13.0. The van der Waals surface area contributed by atoms with Crippen molar-refractivity contribution in [3.8, 4) is 5.75 Å². The van der Waals surface area contributed by atoms with Gasteiger partial charge in [-0.15, -0.1) is 0 Å². The average molecular weight is 455 g/mol. The van der Waals surface area contributed by atoms with E-state index in [9.17, 15) is 14.4 Å². The number of ether oxygens (including phenoxy) is 1. The fourth-order valence-corrected chi connectivity index (χ4v) is 4.03. The molecule has 0 spiro atoms. The molecule has 3 aromatic rings. The topological polar surface area (TPSA) is 116 Å².